The Labute approximate surface area is 229 Å². The van der Waals surface area contributed by atoms with Gasteiger partial charge in [0.2, 0.25) is 21.8 Å². The first-order valence-corrected chi connectivity index (χ1v) is 14.5. The summed E-state index contributed by atoms with van der Waals surface area (Å²) in [5.74, 6) is 0.665. The number of oxazole rings is 1. The summed E-state index contributed by atoms with van der Waals surface area (Å²) in [6, 6.07) is 17.4. The number of thiophene rings is 1. The minimum atomic E-state index is -3.84. The first-order chi connectivity index (χ1) is 18.8. The van der Waals surface area contributed by atoms with Crippen LogP contribution in [0.25, 0.3) is 22.6 Å². The van der Waals surface area contributed by atoms with E-state index in [1.165, 1.54) is 23.5 Å². The molecule has 0 radical (unpaired) electrons. The number of ether oxygens (including phenoxy) is 3. The second-order valence-electron chi connectivity index (χ2n) is 8.93. The Bertz CT molecular complexity index is 1560. The van der Waals surface area contributed by atoms with Crippen molar-refractivity contribution in [3.63, 3.8) is 0 Å². The normalized spacial score (nSPS) is 15.8. The monoisotopic (exact) mass is 569 g/mol. The van der Waals surface area contributed by atoms with Crippen molar-refractivity contribution in [3.05, 3.63) is 77.5 Å². The fourth-order valence-electron chi connectivity index (χ4n) is 4.55. The summed E-state index contributed by atoms with van der Waals surface area (Å²) in [6.45, 7) is 1.15. The van der Waals surface area contributed by atoms with E-state index >= 15 is 0 Å². The highest BCUT2D eigenvalue weighted by atomic mass is 32.2. The summed E-state index contributed by atoms with van der Waals surface area (Å²) in [7, 11) is -2.17. The Morgan fingerprint density at radius 2 is 1.82 bits per heavy atom. The van der Waals surface area contributed by atoms with Gasteiger partial charge in [-0.25, -0.2) is 18.5 Å². The largest absolute Gasteiger partial charge is 0.439 e. The van der Waals surface area contributed by atoms with Crippen LogP contribution in [0.4, 0.5) is 0 Å². The highest BCUT2D eigenvalue weighted by Gasteiger charge is 2.38. The van der Waals surface area contributed by atoms with Crippen LogP contribution in [-0.2, 0) is 31.5 Å². The number of oxime groups is 1. The van der Waals surface area contributed by atoms with E-state index in [0.717, 1.165) is 11.1 Å². The molecule has 1 saturated heterocycles. The van der Waals surface area contributed by atoms with Crippen LogP contribution < -0.4 is 9.88 Å². The van der Waals surface area contributed by atoms with Crippen molar-refractivity contribution in [2.75, 3.05) is 20.3 Å². The molecule has 0 bridgehead atoms. The van der Waals surface area contributed by atoms with E-state index in [0.29, 0.717) is 48.1 Å². The first-order valence-electron chi connectivity index (χ1n) is 12.1. The van der Waals surface area contributed by atoms with Gasteiger partial charge in [-0.2, -0.15) is 0 Å². The molecule has 2 aromatic heterocycles. The average Bonchev–Trinajstić information content (AvgIpc) is 3.61. The SMILES string of the molecule is COC1(c2ccsc2O/C(Cc2nc(-c3ccccc3)c(-c3ccc(S(N)(=O)=O)cc3)o2)=N/O)CCOCC1. The average molecular weight is 570 g/mol. The summed E-state index contributed by atoms with van der Waals surface area (Å²) in [6.07, 6.45) is 1.32. The van der Waals surface area contributed by atoms with Crippen molar-refractivity contribution >= 4 is 27.3 Å². The lowest BCUT2D eigenvalue weighted by Crippen LogP contribution is -2.35. The lowest BCUT2D eigenvalue weighted by Gasteiger charge is -2.36. The third-order valence-corrected chi connectivity index (χ3v) is 8.32. The zero-order chi connectivity index (χ0) is 27.5. The molecule has 12 heteroatoms. The van der Waals surface area contributed by atoms with Gasteiger partial charge in [0.1, 0.15) is 17.7 Å². The molecule has 0 spiro atoms. The predicted molar refractivity (Wildman–Crippen MR) is 145 cm³/mol. The molecule has 5 rings (SSSR count). The molecule has 2 aromatic carbocycles. The van der Waals surface area contributed by atoms with Crippen LogP contribution in [0, 0.1) is 0 Å². The Balaban J connectivity index is 1.45. The van der Waals surface area contributed by atoms with Crippen LogP contribution >= 0.6 is 11.3 Å². The van der Waals surface area contributed by atoms with Gasteiger partial charge in [-0.3, -0.25) is 0 Å². The van der Waals surface area contributed by atoms with E-state index in [-0.39, 0.29) is 23.1 Å². The van der Waals surface area contributed by atoms with Gasteiger partial charge in [0, 0.05) is 49.9 Å². The molecule has 1 aliphatic rings. The molecule has 3 heterocycles. The van der Waals surface area contributed by atoms with Gasteiger partial charge in [-0.05, 0) is 35.7 Å². The van der Waals surface area contributed by atoms with Crippen LogP contribution in [0.1, 0.15) is 24.3 Å². The maximum absolute atomic E-state index is 11.7. The number of hydrogen-bond donors (Lipinski definition) is 2. The van der Waals surface area contributed by atoms with Crippen molar-refractivity contribution in [2.24, 2.45) is 10.3 Å². The third-order valence-electron chi connectivity index (χ3n) is 6.60. The summed E-state index contributed by atoms with van der Waals surface area (Å²) in [5, 5.41) is 20.9. The van der Waals surface area contributed by atoms with Gasteiger partial charge in [0.15, 0.2) is 10.8 Å². The fourth-order valence-corrected chi connectivity index (χ4v) is 5.92. The Hall–Kier alpha value is -3.55. The summed E-state index contributed by atoms with van der Waals surface area (Å²) in [5.41, 5.74) is 2.26. The Morgan fingerprint density at radius 3 is 2.46 bits per heavy atom. The molecule has 39 heavy (non-hydrogen) atoms. The predicted octanol–water partition coefficient (Wildman–Crippen LogP) is 4.78. The number of primary sulfonamides is 1. The highest BCUT2D eigenvalue weighted by molar-refractivity contribution is 7.89. The quantitative estimate of drug-likeness (QED) is 0.133. The van der Waals surface area contributed by atoms with Crippen molar-refractivity contribution < 1.29 is 32.3 Å². The molecular formula is C27H27N3O7S2. The highest BCUT2D eigenvalue weighted by Crippen LogP contribution is 2.43. The maximum Gasteiger partial charge on any atom is 0.241 e. The van der Waals surface area contributed by atoms with Crippen molar-refractivity contribution in [1.82, 2.24) is 4.98 Å². The maximum atomic E-state index is 11.7. The van der Waals surface area contributed by atoms with Gasteiger partial charge in [0.25, 0.3) is 0 Å². The van der Waals surface area contributed by atoms with Gasteiger partial charge < -0.3 is 23.8 Å². The van der Waals surface area contributed by atoms with Gasteiger partial charge >= 0.3 is 0 Å². The molecule has 4 aromatic rings. The minimum absolute atomic E-state index is 0.00556. The number of benzene rings is 2. The molecule has 1 fully saturated rings. The van der Waals surface area contributed by atoms with Crippen LogP contribution in [0.15, 0.2) is 80.5 Å². The van der Waals surface area contributed by atoms with Crippen molar-refractivity contribution in [3.8, 4) is 27.6 Å². The van der Waals surface area contributed by atoms with Crippen LogP contribution in [0.5, 0.6) is 5.06 Å². The molecule has 0 atom stereocenters. The molecule has 1 aliphatic heterocycles. The van der Waals surface area contributed by atoms with E-state index in [1.807, 2.05) is 41.8 Å². The zero-order valence-electron chi connectivity index (χ0n) is 21.1. The lowest BCUT2D eigenvalue weighted by atomic mass is 9.87. The molecule has 10 nitrogen and oxygen atoms in total. The molecule has 204 valence electrons. The number of sulfonamides is 1. The number of nitrogens with two attached hydrogens (primary N) is 1. The van der Waals surface area contributed by atoms with E-state index < -0.39 is 15.6 Å². The smallest absolute Gasteiger partial charge is 0.241 e. The lowest BCUT2D eigenvalue weighted by molar-refractivity contribution is -0.0951. The van der Waals surface area contributed by atoms with Gasteiger partial charge in [0.05, 0.1) is 4.90 Å². The molecule has 0 saturated carbocycles. The zero-order valence-corrected chi connectivity index (χ0v) is 22.7. The summed E-state index contributed by atoms with van der Waals surface area (Å²) >= 11 is 1.37. The number of aromatic nitrogens is 1. The van der Waals surface area contributed by atoms with Crippen molar-refractivity contribution in [2.45, 2.75) is 29.8 Å². The molecule has 3 N–H and O–H groups in total. The van der Waals surface area contributed by atoms with Gasteiger partial charge in [-0.1, -0.05) is 35.5 Å². The van der Waals surface area contributed by atoms with Crippen LogP contribution in [0.2, 0.25) is 0 Å². The molecule has 0 unspecified atom stereocenters. The second-order valence-corrected chi connectivity index (χ2v) is 11.4. The Morgan fingerprint density at radius 1 is 1.10 bits per heavy atom. The standard InChI is InChI=1S/C27H27N3O7S2/c1-34-27(12-14-35-15-13-27)21-11-16-38-26(21)37-23(30-31)17-22-29-24(18-5-3-2-4-6-18)25(36-22)19-7-9-20(10-8-19)39(28,32)33/h2-11,16,31H,12-15,17H2,1H3,(H2,28,32,33)/b30-23+. The third kappa shape index (κ3) is 5.75. The van der Waals surface area contributed by atoms with E-state index in [4.69, 9.17) is 23.8 Å². The van der Waals surface area contributed by atoms with Crippen LogP contribution in [0.3, 0.4) is 0 Å². The van der Waals surface area contributed by atoms with Gasteiger partial charge in [-0.15, -0.1) is 11.3 Å². The van der Waals surface area contributed by atoms with E-state index in [9.17, 15) is 13.6 Å². The van der Waals surface area contributed by atoms with Crippen molar-refractivity contribution in [1.29, 1.82) is 0 Å². The molecule has 0 aliphatic carbocycles. The number of hydrogen-bond acceptors (Lipinski definition) is 10. The minimum Gasteiger partial charge on any atom is -0.439 e. The molecular weight excluding hydrogens is 542 g/mol. The number of rotatable bonds is 8. The summed E-state index contributed by atoms with van der Waals surface area (Å²) in [4.78, 5) is 4.65. The van der Waals surface area contributed by atoms with E-state index in [2.05, 4.69) is 10.1 Å². The van der Waals surface area contributed by atoms with Crippen LogP contribution in [-0.4, -0.2) is 44.8 Å². The summed E-state index contributed by atoms with van der Waals surface area (Å²) < 4.78 is 47.0. The number of methoxy groups -OCH3 is 1. The fraction of sp³-hybridized carbons (Fsp3) is 0.259. The second kappa shape index (κ2) is 11.3. The Kier molecular flexibility index (Phi) is 7.82. The van der Waals surface area contributed by atoms with E-state index in [1.54, 1.807) is 19.2 Å². The number of nitrogens with zero attached hydrogens (tertiary/aromatic N) is 2. The first kappa shape index (κ1) is 27.0. The molecule has 0 amide bonds. The topological polar surface area (TPSA) is 146 Å².